The molecular formula is C26H23N3S3. The summed E-state index contributed by atoms with van der Waals surface area (Å²) in [6.45, 7) is 2.21. The molecule has 0 unspecified atom stereocenters. The molecule has 0 spiro atoms. The third kappa shape index (κ3) is 4.44. The first-order valence-corrected chi connectivity index (χ1v) is 13.5. The Labute approximate surface area is 200 Å². The zero-order valence-electron chi connectivity index (χ0n) is 18.0. The Hall–Kier alpha value is -2.67. The third-order valence-electron chi connectivity index (χ3n) is 5.25. The number of fused-ring (bicyclic) bond motifs is 1. The van der Waals surface area contributed by atoms with Crippen molar-refractivity contribution in [1.82, 2.24) is 9.97 Å². The van der Waals surface area contributed by atoms with Gasteiger partial charge in [0.1, 0.15) is 0 Å². The van der Waals surface area contributed by atoms with E-state index in [1.165, 1.54) is 25.6 Å². The molecule has 2 heterocycles. The van der Waals surface area contributed by atoms with E-state index in [1.54, 1.807) is 34.4 Å². The molecule has 0 atom stereocenters. The van der Waals surface area contributed by atoms with Crippen LogP contribution in [0.1, 0.15) is 18.2 Å². The third-order valence-corrected chi connectivity index (χ3v) is 7.94. The zero-order chi connectivity index (χ0) is 21.9. The van der Waals surface area contributed by atoms with Gasteiger partial charge in [-0.05, 0) is 42.0 Å². The average Bonchev–Trinajstić information content (AvgIpc) is 3.42. The minimum absolute atomic E-state index is 0.890. The molecule has 5 rings (SSSR count). The van der Waals surface area contributed by atoms with Crippen LogP contribution >= 0.6 is 34.4 Å². The van der Waals surface area contributed by atoms with Crippen molar-refractivity contribution in [3.8, 4) is 22.4 Å². The maximum Gasteiger partial charge on any atom is 0.190 e. The number of rotatable bonds is 7. The lowest BCUT2D eigenvalue weighted by molar-refractivity contribution is 0.938. The van der Waals surface area contributed by atoms with Gasteiger partial charge in [0, 0.05) is 15.3 Å². The van der Waals surface area contributed by atoms with E-state index in [2.05, 4.69) is 85.2 Å². The molecular weight excluding hydrogens is 451 g/mol. The van der Waals surface area contributed by atoms with Crippen molar-refractivity contribution in [3.63, 3.8) is 0 Å². The molecule has 0 aliphatic carbocycles. The maximum atomic E-state index is 4.97. The predicted octanol–water partition coefficient (Wildman–Crippen LogP) is 8.50. The predicted molar refractivity (Wildman–Crippen MR) is 142 cm³/mol. The van der Waals surface area contributed by atoms with Gasteiger partial charge >= 0.3 is 0 Å². The van der Waals surface area contributed by atoms with Crippen LogP contribution in [-0.4, -0.2) is 16.2 Å². The first-order valence-electron chi connectivity index (χ1n) is 10.6. The summed E-state index contributed by atoms with van der Waals surface area (Å²) in [5, 5.41) is 5.26. The Morgan fingerprint density at radius 2 is 1.53 bits per heavy atom. The topological polar surface area (TPSA) is 37.8 Å². The molecule has 32 heavy (non-hydrogen) atoms. The fraction of sp³-hybridized carbons (Fsp3) is 0.154. The summed E-state index contributed by atoms with van der Waals surface area (Å²) in [6, 6.07) is 25.6. The largest absolute Gasteiger partial charge is 0.307 e. The van der Waals surface area contributed by atoms with E-state index >= 15 is 0 Å². The molecule has 0 aliphatic rings. The normalized spacial score (nSPS) is 11.2. The summed E-state index contributed by atoms with van der Waals surface area (Å²) in [7, 11) is 0. The molecule has 0 saturated carbocycles. The molecule has 0 bridgehead atoms. The van der Waals surface area contributed by atoms with E-state index < -0.39 is 0 Å². The molecule has 0 fully saturated rings. The fourth-order valence-electron chi connectivity index (χ4n) is 3.66. The van der Waals surface area contributed by atoms with E-state index in [0.717, 1.165) is 39.9 Å². The first-order chi connectivity index (χ1) is 15.7. The lowest BCUT2D eigenvalue weighted by Gasteiger charge is -2.04. The van der Waals surface area contributed by atoms with Crippen molar-refractivity contribution in [2.24, 2.45) is 0 Å². The minimum Gasteiger partial charge on any atom is -0.307 e. The summed E-state index contributed by atoms with van der Waals surface area (Å²) < 4.78 is 1.20. The van der Waals surface area contributed by atoms with Gasteiger partial charge < -0.3 is 5.32 Å². The lowest BCUT2D eigenvalue weighted by Crippen LogP contribution is -1.89. The Morgan fingerprint density at radius 3 is 2.28 bits per heavy atom. The molecule has 3 nitrogen and oxygen atoms in total. The number of aromatic nitrogens is 2. The number of anilines is 2. The Kier molecular flexibility index (Phi) is 6.26. The van der Waals surface area contributed by atoms with Crippen molar-refractivity contribution >= 4 is 54.9 Å². The quantitative estimate of drug-likeness (QED) is 0.240. The van der Waals surface area contributed by atoms with E-state index in [9.17, 15) is 0 Å². The summed E-state index contributed by atoms with van der Waals surface area (Å²) in [5.41, 5.74) is 5.71. The molecule has 5 aromatic rings. The SMILES string of the molecule is CCCc1sc(Nc2nc3ccc(SC)cc3s2)nc1-c1ccc(-c2ccccc2)cc1. The van der Waals surface area contributed by atoms with E-state index in [1.807, 2.05) is 6.07 Å². The number of aryl methyl sites for hydroxylation is 1. The first kappa shape index (κ1) is 21.2. The molecule has 6 heteroatoms. The number of hydrogen-bond donors (Lipinski definition) is 1. The van der Waals surface area contributed by atoms with Crippen LogP contribution in [0.15, 0.2) is 77.7 Å². The van der Waals surface area contributed by atoms with Crippen LogP contribution in [0.5, 0.6) is 0 Å². The number of thioether (sulfide) groups is 1. The molecule has 0 radical (unpaired) electrons. The second-order valence-corrected chi connectivity index (χ2v) is 10.5. The van der Waals surface area contributed by atoms with Gasteiger partial charge in [0.15, 0.2) is 10.3 Å². The smallest absolute Gasteiger partial charge is 0.190 e. The molecule has 160 valence electrons. The van der Waals surface area contributed by atoms with Gasteiger partial charge in [-0.2, -0.15) is 0 Å². The highest BCUT2D eigenvalue weighted by molar-refractivity contribution is 7.98. The van der Waals surface area contributed by atoms with Crippen LogP contribution in [0.2, 0.25) is 0 Å². The van der Waals surface area contributed by atoms with Crippen LogP contribution in [0.25, 0.3) is 32.6 Å². The van der Waals surface area contributed by atoms with Gasteiger partial charge in [0.25, 0.3) is 0 Å². The van der Waals surface area contributed by atoms with Crippen LogP contribution in [-0.2, 0) is 6.42 Å². The lowest BCUT2D eigenvalue weighted by atomic mass is 10.0. The van der Waals surface area contributed by atoms with Crippen molar-refractivity contribution in [3.05, 3.63) is 77.7 Å². The summed E-state index contributed by atoms with van der Waals surface area (Å²) in [6.07, 6.45) is 4.21. The summed E-state index contributed by atoms with van der Waals surface area (Å²) in [4.78, 5) is 12.3. The Balaban J connectivity index is 1.43. The fourth-order valence-corrected chi connectivity index (χ4v) is 6.22. The number of thiazole rings is 2. The molecule has 0 amide bonds. The Bertz CT molecular complexity index is 1340. The number of hydrogen-bond acceptors (Lipinski definition) is 6. The van der Waals surface area contributed by atoms with Gasteiger partial charge in [-0.3, -0.25) is 0 Å². The molecule has 0 saturated heterocycles. The van der Waals surface area contributed by atoms with Crippen LogP contribution in [0.3, 0.4) is 0 Å². The van der Waals surface area contributed by atoms with Crippen molar-refractivity contribution in [2.45, 2.75) is 24.7 Å². The standard InChI is InChI=1S/C26H23N3S3/c1-3-7-22-24(19-12-10-18(11-13-19)17-8-5-4-6-9-17)28-26(31-22)29-25-27-21-15-14-20(30-2)16-23(21)32-25/h4-6,8-16H,3,7H2,1-2H3,(H,27,28,29). The van der Waals surface area contributed by atoms with Gasteiger partial charge in [-0.25, -0.2) is 9.97 Å². The maximum absolute atomic E-state index is 4.97. The van der Waals surface area contributed by atoms with E-state index in [4.69, 9.17) is 9.97 Å². The van der Waals surface area contributed by atoms with Gasteiger partial charge in [-0.15, -0.1) is 23.1 Å². The van der Waals surface area contributed by atoms with Crippen LogP contribution in [0, 0.1) is 0 Å². The zero-order valence-corrected chi connectivity index (χ0v) is 20.4. The van der Waals surface area contributed by atoms with Crippen LogP contribution < -0.4 is 5.32 Å². The Morgan fingerprint density at radius 1 is 0.812 bits per heavy atom. The van der Waals surface area contributed by atoms with E-state index in [0.29, 0.717) is 0 Å². The summed E-state index contributed by atoms with van der Waals surface area (Å²) >= 11 is 5.16. The molecule has 3 aromatic carbocycles. The van der Waals surface area contributed by atoms with Gasteiger partial charge in [0.2, 0.25) is 0 Å². The second-order valence-electron chi connectivity index (χ2n) is 7.46. The molecule has 1 N–H and O–H groups in total. The second kappa shape index (κ2) is 9.45. The highest BCUT2D eigenvalue weighted by Crippen LogP contribution is 2.36. The van der Waals surface area contributed by atoms with Crippen molar-refractivity contribution < 1.29 is 0 Å². The summed E-state index contributed by atoms with van der Waals surface area (Å²) in [5.74, 6) is 0. The highest BCUT2D eigenvalue weighted by atomic mass is 32.2. The van der Waals surface area contributed by atoms with Crippen molar-refractivity contribution in [1.29, 1.82) is 0 Å². The highest BCUT2D eigenvalue weighted by Gasteiger charge is 2.14. The number of nitrogens with one attached hydrogen (secondary N) is 1. The number of benzene rings is 3. The monoisotopic (exact) mass is 473 g/mol. The van der Waals surface area contributed by atoms with Gasteiger partial charge in [0.05, 0.1) is 15.9 Å². The minimum atomic E-state index is 0.890. The molecule has 0 aliphatic heterocycles. The van der Waals surface area contributed by atoms with E-state index in [-0.39, 0.29) is 0 Å². The van der Waals surface area contributed by atoms with Crippen molar-refractivity contribution in [2.75, 3.05) is 11.6 Å². The van der Waals surface area contributed by atoms with Crippen LogP contribution in [0.4, 0.5) is 10.3 Å². The number of nitrogens with zero attached hydrogens (tertiary/aromatic N) is 2. The average molecular weight is 474 g/mol. The molecule has 2 aromatic heterocycles. The van der Waals surface area contributed by atoms with Gasteiger partial charge in [-0.1, -0.05) is 79.3 Å².